The number of nitrogens with one attached hydrogen (secondary N) is 2. The Kier molecular flexibility index (Phi) is 12.9. The van der Waals surface area contributed by atoms with Gasteiger partial charge in [-0.2, -0.15) is 0 Å². The molecule has 61 heavy (non-hydrogen) atoms. The van der Waals surface area contributed by atoms with Crippen LogP contribution in [-0.2, 0) is 48.0 Å². The molecule has 7 rings (SSSR count). The lowest BCUT2D eigenvalue weighted by molar-refractivity contribution is -0.155. The van der Waals surface area contributed by atoms with Crippen molar-refractivity contribution in [1.82, 2.24) is 30.2 Å². The van der Waals surface area contributed by atoms with E-state index >= 15 is 0 Å². The van der Waals surface area contributed by atoms with Gasteiger partial charge in [0.05, 0.1) is 30.0 Å². The summed E-state index contributed by atoms with van der Waals surface area (Å²) in [4.78, 5) is 62.2. The summed E-state index contributed by atoms with van der Waals surface area (Å²) in [5.74, 6) is -2.24. The van der Waals surface area contributed by atoms with Crippen molar-refractivity contribution in [1.29, 1.82) is 0 Å². The Morgan fingerprint density at radius 2 is 1.89 bits per heavy atom. The van der Waals surface area contributed by atoms with Crippen LogP contribution in [0.5, 0.6) is 5.75 Å². The number of phenols is 1. The molecule has 1 saturated carbocycles. The van der Waals surface area contributed by atoms with Gasteiger partial charge < -0.3 is 29.4 Å². The number of aryl methyl sites for hydroxylation is 1. The second-order valence-corrected chi connectivity index (χ2v) is 18.6. The number of amides is 3. The molecule has 0 radical (unpaired) electrons. The van der Waals surface area contributed by atoms with Gasteiger partial charge in [0.25, 0.3) is 5.91 Å². The number of alkyl halides is 1. The number of methoxy groups -OCH3 is 1. The topological polar surface area (TPSA) is 155 Å². The molecule has 1 unspecified atom stereocenters. The molecule has 3 N–H and O–H groups in total. The van der Waals surface area contributed by atoms with Crippen LogP contribution in [0.3, 0.4) is 0 Å². The Morgan fingerprint density at radius 3 is 2.57 bits per heavy atom. The smallest absolute Gasteiger partial charge is 0.324 e. The summed E-state index contributed by atoms with van der Waals surface area (Å²) in [6.45, 7) is 13.1. The van der Waals surface area contributed by atoms with Crippen LogP contribution in [0.4, 0.5) is 0 Å². The molecule has 326 valence electrons. The number of pyridine rings is 1. The minimum atomic E-state index is -1.12. The molecule has 6 atom stereocenters. The number of hydrogen-bond acceptors (Lipinski definition) is 9. The second kappa shape index (κ2) is 17.8. The van der Waals surface area contributed by atoms with Crippen LogP contribution >= 0.6 is 11.6 Å². The van der Waals surface area contributed by atoms with Gasteiger partial charge in [-0.3, -0.25) is 29.2 Å². The first kappa shape index (κ1) is 44.1. The number of likely N-dealkylation sites (N-methyl/N-ethyl adjacent to an activating group) is 1. The number of carbonyl (C=O) groups is 4. The number of aromatic nitrogens is 2. The number of cyclic esters (lactones) is 1. The van der Waals surface area contributed by atoms with Crippen molar-refractivity contribution in [2.24, 2.45) is 17.3 Å². The summed E-state index contributed by atoms with van der Waals surface area (Å²) in [6.07, 6.45) is 3.62. The highest BCUT2D eigenvalue weighted by atomic mass is 35.5. The summed E-state index contributed by atoms with van der Waals surface area (Å²) in [5, 5.41) is 16.4. The molecule has 1 saturated heterocycles. The van der Waals surface area contributed by atoms with Crippen LogP contribution in [0.25, 0.3) is 33.3 Å². The number of nitrogens with zero attached hydrogens (tertiary/aromatic N) is 4. The van der Waals surface area contributed by atoms with Gasteiger partial charge in [0, 0.05) is 67.1 Å². The van der Waals surface area contributed by atoms with Gasteiger partial charge >= 0.3 is 5.97 Å². The fourth-order valence-electron chi connectivity index (χ4n) is 9.07. The fraction of sp³-hybridized carbons (Fsp3) is 0.511. The van der Waals surface area contributed by atoms with Crippen LogP contribution < -0.4 is 10.7 Å². The van der Waals surface area contributed by atoms with Crippen molar-refractivity contribution in [3.8, 4) is 28.1 Å². The fourth-order valence-corrected chi connectivity index (χ4v) is 9.37. The van der Waals surface area contributed by atoms with Crippen molar-refractivity contribution in [2.75, 3.05) is 27.3 Å². The van der Waals surface area contributed by atoms with Crippen molar-refractivity contribution in [2.45, 2.75) is 110 Å². The standard InChI is InChI=1S/C47H59ClN6O7/c1-9-53-39-15-14-29-22-33(39)35(42(53)32-12-10-16-49-40(32)27(4)60-8)24-47(5,6)25-61-46(59)37-13-11-17-54(51-37)45(58)38(20-28-18-30(29)21-31(55)19-28)50-43(56)41(26(2)3)52(7)44(57)34-23-36(34)48/h10,12,14-16,18-19,21-22,26-27,34,36-38,41,51,55H,9,11,13,17,20,23-25H2,1-8H3,(H,50,56)/t27-,34-,36-,37-,38-,41?/m0/s1. The number of fused-ring (bicyclic) bond motifs is 6. The maximum atomic E-state index is 14.6. The lowest BCUT2D eigenvalue weighted by atomic mass is 9.84. The SMILES string of the molecule is CCn1c(-c2cccnc2[C@H](C)OC)c2c3cc(ccc31)-c1cc(O)cc(c1)C[C@H](NC(=O)C(C(C)C)N(C)C(=O)[C@H]1C[C@@H]1Cl)C(=O)N1CCC[C@H](N1)C(=O)OCC(C)(C)C2. The average Bonchev–Trinajstić information content (AvgIpc) is 3.90. The van der Waals surface area contributed by atoms with Crippen LogP contribution in [0.1, 0.15) is 83.7 Å². The molecule has 2 aliphatic heterocycles. The van der Waals surface area contributed by atoms with Gasteiger partial charge in [-0.15, -0.1) is 11.6 Å². The average molecular weight is 855 g/mol. The third kappa shape index (κ3) is 9.15. The molecule has 2 aromatic heterocycles. The first-order valence-electron chi connectivity index (χ1n) is 21.4. The molecular formula is C47H59ClN6O7. The van der Waals surface area contributed by atoms with Crippen LogP contribution in [0.15, 0.2) is 54.7 Å². The molecule has 13 nitrogen and oxygen atoms in total. The number of esters is 1. The highest BCUT2D eigenvalue weighted by Gasteiger charge is 2.46. The van der Waals surface area contributed by atoms with E-state index in [0.717, 1.165) is 44.5 Å². The third-order valence-electron chi connectivity index (χ3n) is 12.4. The summed E-state index contributed by atoms with van der Waals surface area (Å²) >= 11 is 6.23. The van der Waals surface area contributed by atoms with E-state index in [2.05, 4.69) is 54.3 Å². The largest absolute Gasteiger partial charge is 0.508 e. The highest BCUT2D eigenvalue weighted by molar-refractivity contribution is 6.24. The number of carbonyl (C=O) groups excluding carboxylic acids is 4. The number of ether oxygens (including phenoxy) is 2. The molecule has 14 heteroatoms. The van der Waals surface area contributed by atoms with E-state index in [1.54, 1.807) is 32.5 Å². The lowest BCUT2D eigenvalue weighted by Gasteiger charge is -2.36. The number of benzene rings is 2. The van der Waals surface area contributed by atoms with Gasteiger partial charge in [0.1, 0.15) is 23.9 Å². The third-order valence-corrected chi connectivity index (χ3v) is 12.9. The predicted octanol–water partition coefficient (Wildman–Crippen LogP) is 6.56. The minimum Gasteiger partial charge on any atom is -0.508 e. The van der Waals surface area contributed by atoms with Crippen LogP contribution in [0, 0.1) is 17.3 Å². The predicted molar refractivity (Wildman–Crippen MR) is 234 cm³/mol. The monoisotopic (exact) mass is 854 g/mol. The van der Waals surface area contributed by atoms with E-state index in [1.165, 1.54) is 9.91 Å². The first-order chi connectivity index (χ1) is 29.0. The van der Waals surface area contributed by atoms with E-state index in [4.69, 9.17) is 26.1 Å². The van der Waals surface area contributed by atoms with Crippen molar-refractivity contribution < 1.29 is 33.8 Å². The number of aromatic hydroxyl groups is 1. The van der Waals surface area contributed by atoms with Crippen LogP contribution in [0.2, 0.25) is 0 Å². The summed E-state index contributed by atoms with van der Waals surface area (Å²) in [6, 6.07) is 12.7. The molecule has 3 aliphatic rings. The Morgan fingerprint density at radius 1 is 1.13 bits per heavy atom. The normalized spacial score (nSPS) is 22.6. The molecule has 2 fully saturated rings. The number of rotatable bonds is 9. The van der Waals surface area contributed by atoms with E-state index < -0.39 is 41.3 Å². The van der Waals surface area contributed by atoms with E-state index in [-0.39, 0.29) is 48.0 Å². The number of phenolic OH excluding ortho intramolecular Hbond substituents is 1. The van der Waals surface area contributed by atoms with Gasteiger partial charge in [0.15, 0.2) is 0 Å². The second-order valence-electron chi connectivity index (χ2n) is 18.0. The van der Waals surface area contributed by atoms with Gasteiger partial charge in [-0.05, 0) is 104 Å². The lowest BCUT2D eigenvalue weighted by Crippen LogP contribution is -2.62. The molecule has 3 amide bonds. The number of halogens is 1. The van der Waals surface area contributed by atoms with E-state index in [0.29, 0.717) is 44.3 Å². The maximum absolute atomic E-state index is 14.6. The van der Waals surface area contributed by atoms with Crippen molar-refractivity contribution in [3.05, 3.63) is 71.5 Å². The zero-order valence-electron chi connectivity index (χ0n) is 36.5. The Labute approximate surface area is 363 Å². The summed E-state index contributed by atoms with van der Waals surface area (Å²) in [7, 11) is 3.27. The zero-order valence-corrected chi connectivity index (χ0v) is 37.2. The molecule has 4 aromatic rings. The first-order valence-corrected chi connectivity index (χ1v) is 21.9. The number of hydrazine groups is 1. The zero-order chi connectivity index (χ0) is 43.9. The van der Waals surface area contributed by atoms with Crippen molar-refractivity contribution in [3.63, 3.8) is 0 Å². The molecule has 4 heterocycles. The summed E-state index contributed by atoms with van der Waals surface area (Å²) in [5.41, 5.74) is 9.65. The van der Waals surface area contributed by atoms with Gasteiger partial charge in [-0.25, -0.2) is 5.43 Å². The summed E-state index contributed by atoms with van der Waals surface area (Å²) < 4.78 is 14.2. The van der Waals surface area contributed by atoms with Crippen molar-refractivity contribution >= 4 is 46.2 Å². The van der Waals surface area contributed by atoms with E-state index in [9.17, 15) is 24.3 Å². The molecule has 1 aliphatic carbocycles. The maximum Gasteiger partial charge on any atom is 0.324 e. The van der Waals surface area contributed by atoms with E-state index in [1.807, 2.05) is 39.0 Å². The van der Waals surface area contributed by atoms with Gasteiger partial charge in [-0.1, -0.05) is 39.8 Å². The van der Waals surface area contributed by atoms with Crippen LogP contribution in [-0.4, -0.2) is 99.1 Å². The minimum absolute atomic E-state index is 0.00520. The molecule has 6 bridgehead atoms. The Bertz CT molecular complexity index is 2330. The molecular weight excluding hydrogens is 796 g/mol. The molecule has 0 spiro atoms. The molecule has 2 aromatic carbocycles. The highest BCUT2D eigenvalue weighted by Crippen LogP contribution is 2.42. The Hall–Kier alpha value is -4.98. The number of hydrogen-bond donors (Lipinski definition) is 3. The van der Waals surface area contributed by atoms with Gasteiger partial charge in [0.2, 0.25) is 11.8 Å². The Balaban J connectivity index is 1.35. The quantitative estimate of drug-likeness (QED) is 0.125.